The topological polar surface area (TPSA) is 43.8 Å². The van der Waals surface area contributed by atoms with Gasteiger partial charge in [-0.15, -0.1) is 0 Å². The summed E-state index contributed by atoms with van der Waals surface area (Å²) in [6.07, 6.45) is 2.95. The predicted octanol–water partition coefficient (Wildman–Crippen LogP) is 2.17. The van der Waals surface area contributed by atoms with Crippen molar-refractivity contribution >= 4 is 0 Å². The molecule has 5 heteroatoms. The lowest BCUT2D eigenvalue weighted by Crippen LogP contribution is -2.11. The summed E-state index contributed by atoms with van der Waals surface area (Å²) in [6.45, 7) is 1.75. The average molecular weight is 223 g/mol. The van der Waals surface area contributed by atoms with Gasteiger partial charge in [-0.05, 0) is 19.1 Å². The highest BCUT2D eigenvalue weighted by atomic mass is 19.1. The number of halogens is 2. The summed E-state index contributed by atoms with van der Waals surface area (Å²) in [6, 6.07) is 2.96. The standard InChI is InChI=1S/C11H11F2N3/c1-7(14)11-5-15-6-16(11)10-4-8(12)2-3-9(10)13/h2-7H,14H2,1H3. The van der Waals surface area contributed by atoms with E-state index in [-0.39, 0.29) is 11.7 Å². The van der Waals surface area contributed by atoms with Crippen LogP contribution in [0.3, 0.4) is 0 Å². The Morgan fingerprint density at radius 3 is 2.81 bits per heavy atom. The Hall–Kier alpha value is -1.75. The van der Waals surface area contributed by atoms with Gasteiger partial charge in [0, 0.05) is 12.1 Å². The summed E-state index contributed by atoms with van der Waals surface area (Å²) in [4.78, 5) is 3.88. The molecular weight excluding hydrogens is 212 g/mol. The molecule has 3 nitrogen and oxygen atoms in total. The van der Waals surface area contributed by atoms with Gasteiger partial charge in [0.15, 0.2) is 0 Å². The Labute approximate surface area is 91.5 Å². The third-order valence-electron chi connectivity index (χ3n) is 2.30. The number of imidazole rings is 1. The molecular formula is C11H11F2N3. The van der Waals surface area contributed by atoms with Crippen molar-refractivity contribution in [2.45, 2.75) is 13.0 Å². The fraction of sp³-hybridized carbons (Fsp3) is 0.182. The average Bonchev–Trinajstić information content (AvgIpc) is 2.70. The molecule has 2 N–H and O–H groups in total. The normalized spacial score (nSPS) is 12.8. The maximum Gasteiger partial charge on any atom is 0.147 e. The van der Waals surface area contributed by atoms with Gasteiger partial charge in [0.25, 0.3) is 0 Å². The molecule has 0 radical (unpaired) electrons. The second-order valence-corrected chi connectivity index (χ2v) is 3.57. The highest BCUT2D eigenvalue weighted by molar-refractivity contribution is 5.36. The van der Waals surface area contributed by atoms with Crippen molar-refractivity contribution in [1.29, 1.82) is 0 Å². The van der Waals surface area contributed by atoms with Gasteiger partial charge in [0.1, 0.15) is 11.6 Å². The van der Waals surface area contributed by atoms with Crippen LogP contribution < -0.4 is 5.73 Å². The Balaban J connectivity index is 2.58. The first-order valence-electron chi connectivity index (χ1n) is 4.83. The van der Waals surface area contributed by atoms with E-state index in [9.17, 15) is 8.78 Å². The zero-order valence-corrected chi connectivity index (χ0v) is 8.69. The Morgan fingerprint density at radius 1 is 1.38 bits per heavy atom. The minimum Gasteiger partial charge on any atom is -0.323 e. The second-order valence-electron chi connectivity index (χ2n) is 3.57. The summed E-state index contributed by atoms with van der Waals surface area (Å²) in [5.74, 6) is -1.01. The number of hydrogen-bond donors (Lipinski definition) is 1. The van der Waals surface area contributed by atoms with E-state index in [1.807, 2.05) is 0 Å². The number of nitrogens with zero attached hydrogens (tertiary/aromatic N) is 2. The van der Waals surface area contributed by atoms with Crippen LogP contribution in [0.15, 0.2) is 30.7 Å². The lowest BCUT2D eigenvalue weighted by atomic mass is 10.2. The minimum atomic E-state index is -0.513. The number of aromatic nitrogens is 2. The smallest absolute Gasteiger partial charge is 0.147 e. The van der Waals surface area contributed by atoms with Gasteiger partial charge in [0.2, 0.25) is 0 Å². The number of benzene rings is 1. The molecule has 0 saturated carbocycles. The molecule has 16 heavy (non-hydrogen) atoms. The van der Waals surface area contributed by atoms with E-state index in [0.717, 1.165) is 18.2 Å². The maximum atomic E-state index is 13.5. The van der Waals surface area contributed by atoms with Crippen molar-refractivity contribution in [3.05, 3.63) is 48.1 Å². The molecule has 1 unspecified atom stereocenters. The van der Waals surface area contributed by atoms with Crippen molar-refractivity contribution < 1.29 is 8.78 Å². The van der Waals surface area contributed by atoms with E-state index in [1.54, 1.807) is 6.92 Å². The van der Waals surface area contributed by atoms with E-state index < -0.39 is 11.6 Å². The Morgan fingerprint density at radius 2 is 2.12 bits per heavy atom. The first-order chi connectivity index (χ1) is 7.59. The second kappa shape index (κ2) is 4.02. The van der Waals surface area contributed by atoms with Crippen LogP contribution >= 0.6 is 0 Å². The minimum absolute atomic E-state index is 0.116. The summed E-state index contributed by atoms with van der Waals surface area (Å²) >= 11 is 0. The van der Waals surface area contributed by atoms with Gasteiger partial charge in [-0.1, -0.05) is 0 Å². The van der Waals surface area contributed by atoms with Crippen LogP contribution in [0.5, 0.6) is 0 Å². The molecule has 1 aromatic carbocycles. The summed E-state index contributed by atoms with van der Waals surface area (Å²) in [7, 11) is 0. The van der Waals surface area contributed by atoms with Crippen LogP contribution in [0.2, 0.25) is 0 Å². The molecule has 0 aliphatic rings. The molecule has 2 aromatic rings. The van der Waals surface area contributed by atoms with Crippen molar-refractivity contribution in [2.24, 2.45) is 5.73 Å². The molecule has 1 atom stereocenters. The molecule has 0 aliphatic heterocycles. The first-order valence-corrected chi connectivity index (χ1v) is 4.83. The zero-order chi connectivity index (χ0) is 11.7. The Kier molecular flexibility index (Phi) is 2.70. The van der Waals surface area contributed by atoms with Crippen molar-refractivity contribution in [1.82, 2.24) is 9.55 Å². The van der Waals surface area contributed by atoms with Crippen LogP contribution in [-0.2, 0) is 0 Å². The molecule has 1 aromatic heterocycles. The molecule has 1 heterocycles. The van der Waals surface area contributed by atoms with Crippen LogP contribution in [0, 0.1) is 11.6 Å². The van der Waals surface area contributed by atoms with Gasteiger partial charge in [0.05, 0.1) is 23.9 Å². The highest BCUT2D eigenvalue weighted by Crippen LogP contribution is 2.19. The SMILES string of the molecule is CC(N)c1cncn1-c1cc(F)ccc1F. The van der Waals surface area contributed by atoms with Crippen molar-refractivity contribution in [3.63, 3.8) is 0 Å². The molecule has 0 aliphatic carbocycles. The van der Waals surface area contributed by atoms with Crippen LogP contribution in [0.1, 0.15) is 18.7 Å². The number of nitrogens with two attached hydrogens (primary N) is 1. The zero-order valence-electron chi connectivity index (χ0n) is 8.69. The van der Waals surface area contributed by atoms with Crippen molar-refractivity contribution in [2.75, 3.05) is 0 Å². The van der Waals surface area contributed by atoms with Gasteiger partial charge < -0.3 is 5.73 Å². The van der Waals surface area contributed by atoms with Crippen LogP contribution in [0.4, 0.5) is 8.78 Å². The molecule has 0 bridgehead atoms. The summed E-state index contributed by atoms with van der Waals surface area (Å²) in [5, 5.41) is 0. The quantitative estimate of drug-likeness (QED) is 0.847. The van der Waals surface area contributed by atoms with E-state index in [1.165, 1.54) is 17.1 Å². The molecule has 0 spiro atoms. The third-order valence-corrected chi connectivity index (χ3v) is 2.30. The monoisotopic (exact) mass is 223 g/mol. The fourth-order valence-corrected chi connectivity index (χ4v) is 1.51. The molecule has 2 rings (SSSR count). The first kappa shape index (κ1) is 10.8. The fourth-order valence-electron chi connectivity index (χ4n) is 1.51. The van der Waals surface area contributed by atoms with E-state index in [0.29, 0.717) is 5.69 Å². The lowest BCUT2D eigenvalue weighted by Gasteiger charge is -2.11. The Bertz CT molecular complexity index is 506. The van der Waals surface area contributed by atoms with Crippen molar-refractivity contribution in [3.8, 4) is 5.69 Å². The number of hydrogen-bond acceptors (Lipinski definition) is 2. The van der Waals surface area contributed by atoms with Crippen LogP contribution in [-0.4, -0.2) is 9.55 Å². The number of rotatable bonds is 2. The van der Waals surface area contributed by atoms with E-state index in [2.05, 4.69) is 4.98 Å². The van der Waals surface area contributed by atoms with Gasteiger partial charge in [-0.3, -0.25) is 4.57 Å². The highest BCUT2D eigenvalue weighted by Gasteiger charge is 2.12. The summed E-state index contributed by atoms with van der Waals surface area (Å²) < 4.78 is 28.0. The lowest BCUT2D eigenvalue weighted by molar-refractivity contribution is 0.588. The molecule has 84 valence electrons. The third kappa shape index (κ3) is 1.81. The van der Waals surface area contributed by atoms with Crippen LogP contribution in [0.25, 0.3) is 5.69 Å². The van der Waals surface area contributed by atoms with E-state index in [4.69, 9.17) is 5.73 Å². The summed E-state index contributed by atoms with van der Waals surface area (Å²) in [5.41, 5.74) is 6.45. The van der Waals surface area contributed by atoms with E-state index >= 15 is 0 Å². The molecule has 0 saturated heterocycles. The molecule has 0 amide bonds. The van der Waals surface area contributed by atoms with Gasteiger partial charge in [-0.2, -0.15) is 0 Å². The maximum absolute atomic E-state index is 13.5. The largest absolute Gasteiger partial charge is 0.323 e. The van der Waals surface area contributed by atoms with Gasteiger partial charge in [-0.25, -0.2) is 13.8 Å². The molecule has 0 fully saturated rings. The predicted molar refractivity (Wildman–Crippen MR) is 56.1 cm³/mol. The van der Waals surface area contributed by atoms with Gasteiger partial charge >= 0.3 is 0 Å².